The van der Waals surface area contributed by atoms with Gasteiger partial charge in [-0.2, -0.15) is 0 Å². The van der Waals surface area contributed by atoms with Crippen molar-refractivity contribution in [2.45, 2.75) is 30.0 Å². The molecule has 5 nitrogen and oxygen atoms in total. The highest BCUT2D eigenvalue weighted by atomic mass is 32.2. The van der Waals surface area contributed by atoms with Crippen LogP contribution in [0.5, 0.6) is 0 Å². The zero-order valence-electron chi connectivity index (χ0n) is 15.5. The number of thiophene rings is 1. The largest absolute Gasteiger partial charge is 0.350 e. The molecule has 3 aromatic rings. The maximum Gasteiger partial charge on any atom is 0.271 e. The number of aryl methyl sites for hydroxylation is 1. The molecule has 0 aliphatic rings. The molecule has 1 aromatic heterocycles. The Morgan fingerprint density at radius 1 is 1.00 bits per heavy atom. The zero-order chi connectivity index (χ0) is 20.0. The van der Waals surface area contributed by atoms with Gasteiger partial charge in [-0.3, -0.25) is 9.52 Å². The van der Waals surface area contributed by atoms with Crippen molar-refractivity contribution in [3.8, 4) is 0 Å². The first-order valence-corrected chi connectivity index (χ1v) is 11.3. The van der Waals surface area contributed by atoms with Gasteiger partial charge in [-0.05, 0) is 61.0 Å². The van der Waals surface area contributed by atoms with Crippen LogP contribution in [0, 0.1) is 0 Å². The molecular weight excluding hydrogens is 392 g/mol. The summed E-state index contributed by atoms with van der Waals surface area (Å²) in [5, 5.41) is 4.69. The third-order valence-electron chi connectivity index (χ3n) is 4.25. The predicted molar refractivity (Wildman–Crippen MR) is 113 cm³/mol. The molecule has 0 fully saturated rings. The quantitative estimate of drug-likeness (QED) is 0.577. The average Bonchev–Trinajstić information content (AvgIpc) is 3.23. The number of carbonyl (C=O) groups is 1. The van der Waals surface area contributed by atoms with Gasteiger partial charge in [0.2, 0.25) is 0 Å². The Morgan fingerprint density at radius 2 is 1.71 bits per heavy atom. The normalized spacial score (nSPS) is 12.3. The molecule has 0 saturated carbocycles. The molecule has 0 radical (unpaired) electrons. The molecule has 2 aromatic carbocycles. The van der Waals surface area contributed by atoms with E-state index in [2.05, 4.69) is 22.2 Å². The zero-order valence-corrected chi connectivity index (χ0v) is 17.1. The van der Waals surface area contributed by atoms with E-state index in [-0.39, 0.29) is 16.2 Å². The number of nitrogens with one attached hydrogen (secondary N) is 2. The van der Waals surface area contributed by atoms with Crippen molar-refractivity contribution in [1.82, 2.24) is 5.32 Å². The van der Waals surface area contributed by atoms with Crippen LogP contribution in [0.1, 0.15) is 29.3 Å². The van der Waals surface area contributed by atoms with E-state index in [0.29, 0.717) is 11.3 Å². The van der Waals surface area contributed by atoms with Crippen LogP contribution in [0.3, 0.4) is 0 Å². The van der Waals surface area contributed by atoms with Crippen LogP contribution in [0.15, 0.2) is 76.3 Å². The molecule has 0 bridgehead atoms. The van der Waals surface area contributed by atoms with Crippen molar-refractivity contribution in [2.75, 3.05) is 4.72 Å². The molecule has 2 N–H and O–H groups in total. The van der Waals surface area contributed by atoms with Gasteiger partial charge < -0.3 is 5.32 Å². The van der Waals surface area contributed by atoms with E-state index in [0.717, 1.165) is 24.2 Å². The number of sulfonamides is 1. The first-order chi connectivity index (χ1) is 13.4. The molecule has 0 spiro atoms. The van der Waals surface area contributed by atoms with Crippen molar-refractivity contribution >= 4 is 33.0 Å². The summed E-state index contributed by atoms with van der Waals surface area (Å²) >= 11 is 1.15. The van der Waals surface area contributed by atoms with Gasteiger partial charge in [0, 0.05) is 17.3 Å². The molecule has 28 heavy (non-hydrogen) atoms. The average molecular weight is 415 g/mol. The van der Waals surface area contributed by atoms with Crippen molar-refractivity contribution in [3.05, 3.63) is 83.2 Å². The molecule has 1 atom stereocenters. The predicted octanol–water partition coefficient (Wildman–Crippen LogP) is 4.30. The van der Waals surface area contributed by atoms with E-state index in [9.17, 15) is 13.2 Å². The van der Waals surface area contributed by atoms with Gasteiger partial charge in [-0.15, -0.1) is 11.3 Å². The molecule has 0 aliphatic heterocycles. The van der Waals surface area contributed by atoms with Gasteiger partial charge in [0.15, 0.2) is 0 Å². The maximum absolute atomic E-state index is 12.4. The van der Waals surface area contributed by atoms with Gasteiger partial charge >= 0.3 is 0 Å². The van der Waals surface area contributed by atoms with Gasteiger partial charge in [-0.25, -0.2) is 8.42 Å². The molecular formula is C21H22N2O3S2. The lowest BCUT2D eigenvalue weighted by molar-refractivity contribution is 0.0938. The Bertz CT molecular complexity index is 1000. The summed E-state index contributed by atoms with van der Waals surface area (Å²) in [7, 11) is -3.59. The number of benzene rings is 2. The Kier molecular flexibility index (Phi) is 6.49. The maximum atomic E-state index is 12.4. The van der Waals surface area contributed by atoms with Crippen LogP contribution >= 0.6 is 11.3 Å². The number of rotatable bonds is 8. The lowest BCUT2D eigenvalue weighted by Gasteiger charge is -2.14. The third kappa shape index (κ3) is 5.43. The number of anilines is 1. The molecule has 0 aliphatic carbocycles. The van der Waals surface area contributed by atoms with Crippen LogP contribution < -0.4 is 10.0 Å². The molecule has 0 saturated heterocycles. The summed E-state index contributed by atoms with van der Waals surface area (Å²) in [6.45, 7) is 1.98. The van der Waals surface area contributed by atoms with Gasteiger partial charge in [0.1, 0.15) is 4.21 Å². The fourth-order valence-corrected chi connectivity index (χ4v) is 4.77. The molecule has 146 valence electrons. The summed E-state index contributed by atoms with van der Waals surface area (Å²) in [6, 6.07) is 19.8. The highest BCUT2D eigenvalue weighted by molar-refractivity contribution is 7.94. The van der Waals surface area contributed by atoms with Crippen LogP contribution in [0.2, 0.25) is 0 Å². The monoisotopic (exact) mass is 414 g/mol. The van der Waals surface area contributed by atoms with E-state index in [1.54, 1.807) is 41.8 Å². The van der Waals surface area contributed by atoms with E-state index >= 15 is 0 Å². The highest BCUT2D eigenvalue weighted by Gasteiger charge is 2.15. The standard InChI is InChI=1S/C21H22N2O3S2/c1-16(9-10-17-6-3-2-4-7-17)22-21(24)18-11-13-19(14-12-18)23-28(25,26)20-8-5-15-27-20/h2-8,11-16,23H,9-10H2,1H3,(H,22,24). The van der Waals surface area contributed by atoms with E-state index in [1.165, 1.54) is 5.56 Å². The smallest absolute Gasteiger partial charge is 0.271 e. The van der Waals surface area contributed by atoms with E-state index in [4.69, 9.17) is 0 Å². The summed E-state index contributed by atoms with van der Waals surface area (Å²) < 4.78 is 27.2. The second kappa shape index (κ2) is 9.03. The highest BCUT2D eigenvalue weighted by Crippen LogP contribution is 2.20. The lowest BCUT2D eigenvalue weighted by Crippen LogP contribution is -2.32. The van der Waals surface area contributed by atoms with E-state index < -0.39 is 10.0 Å². The van der Waals surface area contributed by atoms with Crippen molar-refractivity contribution in [1.29, 1.82) is 0 Å². The van der Waals surface area contributed by atoms with Gasteiger partial charge in [0.25, 0.3) is 15.9 Å². The number of amides is 1. The second-order valence-corrected chi connectivity index (χ2v) is 9.37. The number of hydrogen-bond acceptors (Lipinski definition) is 4. The summed E-state index contributed by atoms with van der Waals surface area (Å²) in [5.74, 6) is -0.173. The minimum atomic E-state index is -3.59. The Balaban J connectivity index is 1.54. The van der Waals surface area contributed by atoms with Crippen LogP contribution in [-0.2, 0) is 16.4 Å². The fraction of sp³-hybridized carbons (Fsp3) is 0.190. The van der Waals surface area contributed by atoms with Crippen LogP contribution in [-0.4, -0.2) is 20.4 Å². The summed E-state index contributed by atoms with van der Waals surface area (Å²) in [6.07, 6.45) is 1.74. The minimum absolute atomic E-state index is 0.0321. The van der Waals surface area contributed by atoms with Crippen molar-refractivity contribution < 1.29 is 13.2 Å². The first kappa shape index (κ1) is 20.1. The summed E-state index contributed by atoms with van der Waals surface area (Å²) in [4.78, 5) is 12.4. The Morgan fingerprint density at radius 3 is 2.36 bits per heavy atom. The van der Waals surface area contributed by atoms with Gasteiger partial charge in [0.05, 0.1) is 0 Å². The van der Waals surface area contributed by atoms with Gasteiger partial charge in [-0.1, -0.05) is 36.4 Å². The van der Waals surface area contributed by atoms with Crippen LogP contribution in [0.4, 0.5) is 5.69 Å². The summed E-state index contributed by atoms with van der Waals surface area (Å²) in [5.41, 5.74) is 2.15. The van der Waals surface area contributed by atoms with Crippen molar-refractivity contribution in [3.63, 3.8) is 0 Å². The molecule has 1 heterocycles. The SMILES string of the molecule is CC(CCc1ccccc1)NC(=O)c1ccc(NS(=O)(=O)c2cccs2)cc1. The molecule has 1 unspecified atom stereocenters. The lowest BCUT2D eigenvalue weighted by atomic mass is 10.1. The molecule has 7 heteroatoms. The minimum Gasteiger partial charge on any atom is -0.350 e. The fourth-order valence-electron chi connectivity index (χ4n) is 2.72. The molecule has 3 rings (SSSR count). The number of hydrogen-bond donors (Lipinski definition) is 2. The topological polar surface area (TPSA) is 75.3 Å². The first-order valence-electron chi connectivity index (χ1n) is 8.95. The Labute approximate surface area is 169 Å². The second-order valence-electron chi connectivity index (χ2n) is 6.51. The third-order valence-corrected chi connectivity index (χ3v) is 7.02. The van der Waals surface area contributed by atoms with Crippen molar-refractivity contribution in [2.24, 2.45) is 0 Å². The van der Waals surface area contributed by atoms with Crippen LogP contribution in [0.25, 0.3) is 0 Å². The molecule has 1 amide bonds. The Hall–Kier alpha value is -2.64. The number of carbonyl (C=O) groups excluding carboxylic acids is 1. The van der Waals surface area contributed by atoms with E-state index in [1.807, 2.05) is 25.1 Å².